The van der Waals surface area contributed by atoms with Crippen molar-refractivity contribution in [3.63, 3.8) is 0 Å². The zero-order valence-electron chi connectivity index (χ0n) is 25.4. The molecule has 0 amide bonds. The van der Waals surface area contributed by atoms with Gasteiger partial charge in [-0.2, -0.15) is 0 Å². The quantitative estimate of drug-likeness (QED) is 0.182. The second-order valence-corrected chi connectivity index (χ2v) is 8.43. The Kier molecular flexibility index (Phi) is 30.5. The molecule has 0 atom stereocenters. The summed E-state index contributed by atoms with van der Waals surface area (Å²) < 4.78 is 0. The van der Waals surface area contributed by atoms with Crippen molar-refractivity contribution < 1.29 is 55.9 Å². The number of ketones is 2. The van der Waals surface area contributed by atoms with Crippen molar-refractivity contribution in [1.29, 1.82) is 0 Å². The third-order valence-corrected chi connectivity index (χ3v) is 5.39. The average molecular weight is 733 g/mol. The second kappa shape index (κ2) is 29.1. The zero-order valence-corrected chi connectivity index (χ0v) is 29.0. The largest absolute Gasteiger partial charge is 0.872 e. The van der Waals surface area contributed by atoms with Crippen molar-refractivity contribution in [1.82, 2.24) is 9.80 Å². The van der Waals surface area contributed by atoms with E-state index in [-0.39, 0.29) is 62.1 Å². The molecule has 0 aliphatic heterocycles. The van der Waals surface area contributed by atoms with E-state index in [2.05, 4.69) is 37.5 Å². The first kappa shape index (κ1) is 43.0. The number of rotatable bonds is 12. The normalized spacial score (nSPS) is 10.7. The molecule has 0 saturated heterocycles. The molecule has 0 unspecified atom stereocenters. The van der Waals surface area contributed by atoms with Gasteiger partial charge in [-0.3, -0.25) is 9.59 Å². The van der Waals surface area contributed by atoms with Crippen LogP contribution in [0, 0.1) is 0 Å². The van der Waals surface area contributed by atoms with Gasteiger partial charge in [0.2, 0.25) is 0 Å². The number of hydrogen-bond acceptors (Lipinski definition) is 8. The van der Waals surface area contributed by atoms with Crippen molar-refractivity contribution in [2.24, 2.45) is 0 Å². The first-order valence-corrected chi connectivity index (χ1v) is 13.6. The number of carbonyl (C=O) groups is 2. The molecule has 2 rings (SSSR count). The van der Waals surface area contributed by atoms with Gasteiger partial charge in [0.05, 0.1) is 0 Å². The third-order valence-electron chi connectivity index (χ3n) is 5.39. The van der Waals surface area contributed by atoms with Gasteiger partial charge in [0, 0.05) is 25.8 Å². The van der Waals surface area contributed by atoms with Gasteiger partial charge in [0.25, 0.3) is 0 Å². The fourth-order valence-corrected chi connectivity index (χ4v) is 3.08. The van der Waals surface area contributed by atoms with Crippen molar-refractivity contribution in [2.45, 2.75) is 41.5 Å². The van der Waals surface area contributed by atoms with Crippen molar-refractivity contribution in [3.8, 4) is 0 Å². The Morgan fingerprint density at radius 1 is 0.610 bits per heavy atom. The number of allylic oxidation sites excluding steroid dienone is 2. The van der Waals surface area contributed by atoms with Gasteiger partial charge in [0.1, 0.15) is 0 Å². The third kappa shape index (κ3) is 25.0. The summed E-state index contributed by atoms with van der Waals surface area (Å²) in [4.78, 5) is 25.3. The Morgan fingerprint density at radius 3 is 1.05 bits per heavy atom. The summed E-state index contributed by atoms with van der Waals surface area (Å²) in [6.07, 6.45) is 2.19. The van der Waals surface area contributed by atoms with E-state index in [1.807, 2.05) is 12.1 Å². The predicted octanol–water partition coefficient (Wildman–Crippen LogP) is 1.33. The van der Waals surface area contributed by atoms with E-state index in [0.717, 1.165) is 38.3 Å². The van der Waals surface area contributed by atoms with Crippen LogP contribution in [0.25, 0.3) is 11.5 Å². The minimum Gasteiger partial charge on any atom is -0.872 e. The summed E-state index contributed by atoms with van der Waals surface area (Å²) in [6.45, 7) is 16.5. The van der Waals surface area contributed by atoms with Crippen molar-refractivity contribution >= 4 is 23.1 Å². The van der Waals surface area contributed by atoms with E-state index in [9.17, 15) is 30.0 Å². The Hall–Kier alpha value is -2.43. The molecule has 0 aliphatic rings. The number of likely N-dealkylation sites (N-methyl/N-ethyl adjacent to an activating group) is 2. The average Bonchev–Trinajstić information content (AvgIpc) is 2.96. The Morgan fingerprint density at radius 2 is 0.878 bits per heavy atom. The first-order chi connectivity index (χ1) is 19.1. The molecule has 0 heterocycles. The van der Waals surface area contributed by atoms with Gasteiger partial charge in [-0.25, -0.2) is 0 Å². The van der Waals surface area contributed by atoms with Gasteiger partial charge < -0.3 is 30.2 Å². The maximum absolute atomic E-state index is 11.2. The molecule has 0 spiro atoms. The predicted molar refractivity (Wildman–Crippen MR) is 156 cm³/mol. The van der Waals surface area contributed by atoms with Crippen LogP contribution in [0.1, 0.15) is 52.7 Å². The SMILES string of the molecule is CC(=O)/C=C(\[O-])c1ccccc1.CC(=O)/C=C(\[O-])c1ccccc1.CCN(CC)CC[O-].CCN(CC)CC[O-].[Hf]. The standard InChI is InChI=1S/2C10H10O2.2C6H14NO.Hf/c2*1-8(11)7-10(12)9-5-3-2-4-6-9;2*1-3-7(4-2)5-6-8;/h2*2-7,12H,1H3;2*3-6H2,1-2H3;/q;;2*-1;/p-2/b2*10-7-;;;. The molecular formula is C32H46HfN2O6-4. The van der Waals surface area contributed by atoms with Gasteiger partial charge in [0.15, 0.2) is 11.6 Å². The molecule has 0 fully saturated rings. The molecule has 0 aliphatic carbocycles. The summed E-state index contributed by atoms with van der Waals surface area (Å²) in [6, 6.07) is 17.4. The molecule has 2 aromatic rings. The monoisotopic (exact) mass is 734 g/mol. The summed E-state index contributed by atoms with van der Waals surface area (Å²) in [7, 11) is 0. The van der Waals surface area contributed by atoms with Crippen LogP contribution in [-0.2, 0) is 35.4 Å². The molecule has 9 heteroatoms. The molecule has 228 valence electrons. The van der Waals surface area contributed by atoms with Crippen LogP contribution < -0.4 is 20.4 Å². The van der Waals surface area contributed by atoms with Gasteiger partial charge in [-0.1, -0.05) is 99.9 Å². The second-order valence-electron chi connectivity index (χ2n) is 8.43. The number of hydrogen-bond donors (Lipinski definition) is 0. The maximum atomic E-state index is 11.2. The van der Waals surface area contributed by atoms with E-state index < -0.39 is 0 Å². The molecule has 41 heavy (non-hydrogen) atoms. The van der Waals surface area contributed by atoms with E-state index in [1.165, 1.54) is 13.8 Å². The van der Waals surface area contributed by atoms with Crippen LogP contribution in [0.4, 0.5) is 0 Å². The maximum Gasteiger partial charge on any atom is 0.152 e. The van der Waals surface area contributed by atoms with Crippen LogP contribution in [0.5, 0.6) is 0 Å². The topological polar surface area (TPSA) is 133 Å². The first-order valence-electron chi connectivity index (χ1n) is 13.6. The Bertz CT molecular complexity index is 881. The fourth-order valence-electron chi connectivity index (χ4n) is 3.08. The van der Waals surface area contributed by atoms with Crippen molar-refractivity contribution in [2.75, 3.05) is 52.5 Å². The van der Waals surface area contributed by atoms with Crippen molar-refractivity contribution in [3.05, 3.63) is 83.9 Å². The smallest absolute Gasteiger partial charge is 0.152 e. The molecule has 0 N–H and O–H groups in total. The molecule has 0 bridgehead atoms. The van der Waals surface area contributed by atoms with E-state index in [1.54, 1.807) is 48.5 Å². The molecule has 0 aromatic heterocycles. The minimum absolute atomic E-state index is 0. The van der Waals surface area contributed by atoms with E-state index >= 15 is 0 Å². The summed E-state index contributed by atoms with van der Waals surface area (Å²) in [5, 5.41) is 42.4. The molecule has 0 saturated carbocycles. The van der Waals surface area contributed by atoms with Crippen LogP contribution in [0.15, 0.2) is 72.8 Å². The van der Waals surface area contributed by atoms with E-state index in [0.29, 0.717) is 24.2 Å². The van der Waals surface area contributed by atoms with Crippen LogP contribution in [0.2, 0.25) is 0 Å². The fraction of sp³-hybridized carbons (Fsp3) is 0.438. The van der Waals surface area contributed by atoms with E-state index in [4.69, 9.17) is 0 Å². The van der Waals surface area contributed by atoms with Gasteiger partial charge in [-0.15, -0.1) is 13.2 Å². The number of carbonyl (C=O) groups excluding carboxylic acids is 2. The van der Waals surface area contributed by atoms with Crippen LogP contribution in [0.3, 0.4) is 0 Å². The Labute approximate surface area is 265 Å². The summed E-state index contributed by atoms with van der Waals surface area (Å²) in [5.41, 5.74) is 1.10. The minimum atomic E-state index is -0.233. The molecule has 8 nitrogen and oxygen atoms in total. The number of benzene rings is 2. The van der Waals surface area contributed by atoms with Crippen LogP contribution in [-0.4, -0.2) is 73.8 Å². The molecule has 0 radical (unpaired) electrons. The van der Waals surface area contributed by atoms with Crippen LogP contribution >= 0.6 is 0 Å². The zero-order chi connectivity index (χ0) is 30.8. The summed E-state index contributed by atoms with van der Waals surface area (Å²) in [5.74, 6) is -0.904. The molecular weight excluding hydrogens is 687 g/mol. The summed E-state index contributed by atoms with van der Waals surface area (Å²) >= 11 is 0. The van der Waals surface area contributed by atoms with Gasteiger partial charge in [-0.05, 0) is 76.4 Å². The number of nitrogens with zero attached hydrogens (tertiary/aromatic N) is 2. The molecule has 2 aromatic carbocycles. The Balaban J connectivity index is -0.000000476. The van der Waals surface area contributed by atoms with Gasteiger partial charge >= 0.3 is 0 Å².